The van der Waals surface area contributed by atoms with Crippen LogP contribution >= 0.6 is 0 Å². The van der Waals surface area contributed by atoms with Crippen molar-refractivity contribution in [1.82, 2.24) is 21.3 Å². The third-order valence-corrected chi connectivity index (χ3v) is 6.48. The molecule has 31 heavy (non-hydrogen) atoms. The number of nitrogens with zero attached hydrogens (tertiary/aromatic N) is 1. The number of hydrogen-bond acceptors (Lipinski definition) is 5. The molecule has 2 saturated heterocycles. The second kappa shape index (κ2) is 9.12. The highest BCUT2D eigenvalue weighted by Gasteiger charge is 2.52. The first-order valence-electron chi connectivity index (χ1n) is 10.4. The van der Waals surface area contributed by atoms with E-state index in [1.807, 2.05) is 6.07 Å². The lowest BCUT2D eigenvalue weighted by Gasteiger charge is -2.44. The number of hydrogen-bond donors (Lipinski definition) is 4. The van der Waals surface area contributed by atoms with Crippen LogP contribution in [0.25, 0.3) is 0 Å². The first kappa shape index (κ1) is 23.5. The average molecular weight is 445 g/mol. The van der Waals surface area contributed by atoms with Gasteiger partial charge in [-0.05, 0) is 33.2 Å². The second-order valence-corrected chi connectivity index (χ2v) is 8.57. The molecule has 2 fully saturated rings. The highest BCUT2D eigenvalue weighted by Crippen LogP contribution is 2.38. The highest BCUT2D eigenvalue weighted by molar-refractivity contribution is 6.00. The largest absolute Gasteiger partial charge is 0.404 e. The van der Waals surface area contributed by atoms with Crippen molar-refractivity contribution in [3.8, 4) is 6.07 Å². The zero-order valence-electron chi connectivity index (χ0n) is 17.4. The number of alkyl halides is 4. The van der Waals surface area contributed by atoms with Gasteiger partial charge in [-0.2, -0.15) is 18.4 Å². The summed E-state index contributed by atoms with van der Waals surface area (Å²) in [4.78, 5) is 25.1. The van der Waals surface area contributed by atoms with Gasteiger partial charge in [0.15, 0.2) is 0 Å². The summed E-state index contributed by atoms with van der Waals surface area (Å²) in [5.41, 5.74) is 0.268. The number of nitriles is 1. The smallest absolute Gasteiger partial charge is 0.352 e. The van der Waals surface area contributed by atoms with Crippen LogP contribution in [0.3, 0.4) is 0 Å². The number of nitrogens with one attached hydrogen (secondary N) is 4. The number of halogens is 4. The summed E-state index contributed by atoms with van der Waals surface area (Å²) in [6.45, 7) is 3.52. The minimum absolute atomic E-state index is 0.0156. The molecule has 3 aliphatic rings. The number of fused-ring (bicyclic) bond motifs is 1. The SMILES string of the molecule is CC1=C(CC(=O)N[C@@H](C)C2NCC(C#N)CC2F)C(=O)NC2CCNC(C(F)(F)F)C12. The Bertz CT molecular complexity index is 793. The van der Waals surface area contributed by atoms with Gasteiger partial charge in [0, 0.05) is 30.1 Å². The van der Waals surface area contributed by atoms with Gasteiger partial charge in [-0.15, -0.1) is 0 Å². The van der Waals surface area contributed by atoms with Crippen molar-refractivity contribution in [3.05, 3.63) is 11.1 Å². The summed E-state index contributed by atoms with van der Waals surface area (Å²) in [7, 11) is 0. The lowest BCUT2D eigenvalue weighted by atomic mass is 9.75. The van der Waals surface area contributed by atoms with Crippen LogP contribution in [0.4, 0.5) is 17.6 Å². The maximum atomic E-state index is 14.4. The van der Waals surface area contributed by atoms with Crippen LogP contribution < -0.4 is 21.3 Å². The third-order valence-electron chi connectivity index (χ3n) is 6.48. The van der Waals surface area contributed by atoms with Crippen molar-refractivity contribution in [3.63, 3.8) is 0 Å². The molecule has 0 spiro atoms. The Morgan fingerprint density at radius 2 is 2.06 bits per heavy atom. The molecule has 0 aromatic heterocycles. The molecule has 7 nitrogen and oxygen atoms in total. The number of rotatable bonds is 4. The van der Waals surface area contributed by atoms with E-state index in [0.717, 1.165) is 0 Å². The first-order chi connectivity index (χ1) is 14.5. The van der Waals surface area contributed by atoms with Gasteiger partial charge in [-0.25, -0.2) is 4.39 Å². The fourth-order valence-corrected chi connectivity index (χ4v) is 4.87. The predicted molar refractivity (Wildman–Crippen MR) is 103 cm³/mol. The van der Waals surface area contributed by atoms with E-state index < -0.39 is 60.2 Å². The summed E-state index contributed by atoms with van der Waals surface area (Å²) in [6.07, 6.45) is -5.77. The molecule has 11 heteroatoms. The predicted octanol–water partition coefficient (Wildman–Crippen LogP) is 1.08. The fourth-order valence-electron chi connectivity index (χ4n) is 4.87. The highest BCUT2D eigenvalue weighted by atomic mass is 19.4. The topological polar surface area (TPSA) is 106 Å². The molecule has 7 atom stereocenters. The Morgan fingerprint density at radius 3 is 2.68 bits per heavy atom. The van der Waals surface area contributed by atoms with E-state index >= 15 is 0 Å². The maximum Gasteiger partial charge on any atom is 0.404 e. The molecule has 0 aliphatic carbocycles. The van der Waals surface area contributed by atoms with Gasteiger partial charge in [0.1, 0.15) is 12.2 Å². The quantitative estimate of drug-likeness (QED) is 0.485. The number of amides is 2. The fraction of sp³-hybridized carbons (Fsp3) is 0.750. The standard InChI is InChI=1S/C20H27F4N5O2/c1-9-12(19(31)29-14-3-4-26-18(16(9)14)20(22,23)24)6-15(30)28-10(2)17-13(21)5-11(7-25)8-27-17/h10-11,13-14,16-18,26-27H,3-6,8H2,1-2H3,(H,28,30)(H,29,31)/t10-,11?,13?,14?,16?,17?,18?/m0/s1. The molecular weight excluding hydrogens is 418 g/mol. The molecule has 0 saturated carbocycles. The third kappa shape index (κ3) is 5.01. The van der Waals surface area contributed by atoms with E-state index in [4.69, 9.17) is 5.26 Å². The van der Waals surface area contributed by atoms with Crippen LogP contribution in [0.5, 0.6) is 0 Å². The Hall–Kier alpha value is -2.19. The maximum absolute atomic E-state index is 14.4. The van der Waals surface area contributed by atoms with Gasteiger partial charge < -0.3 is 21.3 Å². The van der Waals surface area contributed by atoms with Gasteiger partial charge >= 0.3 is 6.18 Å². The van der Waals surface area contributed by atoms with Gasteiger partial charge in [0.05, 0.1) is 24.4 Å². The van der Waals surface area contributed by atoms with E-state index in [2.05, 4.69) is 21.3 Å². The summed E-state index contributed by atoms with van der Waals surface area (Å²) in [5.74, 6) is -2.53. The normalized spacial score (nSPS) is 34.9. The molecule has 4 N–H and O–H groups in total. The van der Waals surface area contributed by atoms with Crippen LogP contribution in [-0.2, 0) is 9.59 Å². The van der Waals surface area contributed by atoms with Crippen molar-refractivity contribution >= 4 is 11.8 Å². The zero-order valence-corrected chi connectivity index (χ0v) is 17.4. The Kier molecular flexibility index (Phi) is 6.91. The molecular formula is C20H27F4N5O2. The molecule has 3 rings (SSSR count). The molecule has 3 aliphatic heterocycles. The van der Waals surface area contributed by atoms with Gasteiger partial charge in [-0.3, -0.25) is 9.59 Å². The minimum atomic E-state index is -4.49. The molecule has 0 aromatic rings. The zero-order chi connectivity index (χ0) is 22.9. The summed E-state index contributed by atoms with van der Waals surface area (Å²) >= 11 is 0. The van der Waals surface area contributed by atoms with Gasteiger partial charge in [-0.1, -0.05) is 5.57 Å². The molecule has 0 bridgehead atoms. The lowest BCUT2D eigenvalue weighted by molar-refractivity contribution is -0.172. The number of piperidine rings is 2. The lowest BCUT2D eigenvalue weighted by Crippen LogP contribution is -2.62. The monoisotopic (exact) mass is 445 g/mol. The van der Waals surface area contributed by atoms with Gasteiger partial charge in [0.25, 0.3) is 0 Å². The Balaban J connectivity index is 1.70. The van der Waals surface area contributed by atoms with E-state index in [1.165, 1.54) is 6.92 Å². The van der Waals surface area contributed by atoms with Crippen LogP contribution in [0.2, 0.25) is 0 Å². The van der Waals surface area contributed by atoms with E-state index in [1.54, 1.807) is 6.92 Å². The Morgan fingerprint density at radius 1 is 1.35 bits per heavy atom. The molecule has 6 unspecified atom stereocenters. The van der Waals surface area contributed by atoms with Gasteiger partial charge in [0.2, 0.25) is 11.8 Å². The second-order valence-electron chi connectivity index (χ2n) is 8.57. The van der Waals surface area contributed by atoms with Crippen LogP contribution in [-0.4, -0.2) is 61.4 Å². The van der Waals surface area contributed by atoms with Crippen molar-refractivity contribution in [2.75, 3.05) is 13.1 Å². The van der Waals surface area contributed by atoms with Crippen molar-refractivity contribution in [2.24, 2.45) is 11.8 Å². The molecule has 172 valence electrons. The average Bonchev–Trinajstić information content (AvgIpc) is 2.69. The van der Waals surface area contributed by atoms with E-state index in [-0.39, 0.29) is 30.5 Å². The first-order valence-corrected chi connectivity index (χ1v) is 10.4. The van der Waals surface area contributed by atoms with Crippen LogP contribution in [0, 0.1) is 23.2 Å². The minimum Gasteiger partial charge on any atom is -0.352 e. The van der Waals surface area contributed by atoms with Crippen LogP contribution in [0.15, 0.2) is 11.1 Å². The van der Waals surface area contributed by atoms with Crippen molar-refractivity contribution in [2.45, 2.75) is 69.6 Å². The molecule has 3 heterocycles. The number of carbonyl (C=O) groups is 2. The summed E-state index contributed by atoms with van der Waals surface area (Å²) in [6, 6.07) is -1.74. The molecule has 0 radical (unpaired) electrons. The molecule has 0 aromatic carbocycles. The summed E-state index contributed by atoms with van der Waals surface area (Å²) < 4.78 is 54.9. The summed E-state index contributed by atoms with van der Waals surface area (Å²) in [5, 5.41) is 19.6. The number of carbonyl (C=O) groups excluding carboxylic acids is 2. The van der Waals surface area contributed by atoms with E-state index in [9.17, 15) is 27.2 Å². The van der Waals surface area contributed by atoms with E-state index in [0.29, 0.717) is 13.0 Å². The van der Waals surface area contributed by atoms with Crippen LogP contribution in [0.1, 0.15) is 33.1 Å². The Labute approximate surface area is 178 Å². The molecule has 2 amide bonds. The van der Waals surface area contributed by atoms with Crippen molar-refractivity contribution < 1.29 is 27.2 Å². The van der Waals surface area contributed by atoms with Crippen molar-refractivity contribution in [1.29, 1.82) is 5.26 Å².